The van der Waals surface area contributed by atoms with Gasteiger partial charge in [-0.15, -0.1) is 6.58 Å². The molecule has 6 heteroatoms. The van der Waals surface area contributed by atoms with Crippen molar-refractivity contribution in [2.45, 2.75) is 37.1 Å². The summed E-state index contributed by atoms with van der Waals surface area (Å²) in [4.78, 5) is 11.2. The third-order valence-corrected chi connectivity index (χ3v) is 5.03. The molecule has 20 heavy (non-hydrogen) atoms. The van der Waals surface area contributed by atoms with E-state index in [0.717, 1.165) is 24.0 Å². The molecule has 1 aliphatic carbocycles. The summed E-state index contributed by atoms with van der Waals surface area (Å²) >= 11 is 0. The maximum atomic E-state index is 12.4. The van der Waals surface area contributed by atoms with Crippen molar-refractivity contribution in [1.29, 1.82) is 0 Å². The number of carbonyl (C=O) groups is 1. The van der Waals surface area contributed by atoms with Gasteiger partial charge in [0.25, 0.3) is 0 Å². The van der Waals surface area contributed by atoms with Crippen LogP contribution >= 0.6 is 0 Å². The SMILES string of the molecule is C=CC(C)NS(=O)(=O)c1cc(C(=O)O)cc2c1CCC2. The maximum Gasteiger partial charge on any atom is 0.335 e. The molecule has 1 aliphatic rings. The number of carboxylic acid groups (broad SMARTS) is 1. The molecular formula is C14H17NO4S. The summed E-state index contributed by atoms with van der Waals surface area (Å²) in [6.45, 7) is 5.21. The largest absolute Gasteiger partial charge is 0.478 e. The van der Waals surface area contributed by atoms with Gasteiger partial charge in [0.05, 0.1) is 10.5 Å². The molecule has 5 nitrogen and oxygen atoms in total. The zero-order valence-corrected chi connectivity index (χ0v) is 12.0. The highest BCUT2D eigenvalue weighted by Gasteiger charge is 2.26. The van der Waals surface area contributed by atoms with E-state index in [-0.39, 0.29) is 10.5 Å². The first-order valence-corrected chi connectivity index (χ1v) is 7.87. The van der Waals surface area contributed by atoms with Crippen molar-refractivity contribution in [2.24, 2.45) is 0 Å². The van der Waals surface area contributed by atoms with Crippen molar-refractivity contribution in [3.05, 3.63) is 41.5 Å². The van der Waals surface area contributed by atoms with Crippen LogP contribution in [-0.4, -0.2) is 25.5 Å². The van der Waals surface area contributed by atoms with Crippen molar-refractivity contribution >= 4 is 16.0 Å². The Kier molecular flexibility index (Phi) is 3.96. The second-order valence-electron chi connectivity index (χ2n) is 4.92. The van der Waals surface area contributed by atoms with Gasteiger partial charge in [-0.1, -0.05) is 6.08 Å². The molecule has 0 spiro atoms. The summed E-state index contributed by atoms with van der Waals surface area (Å²) in [6.07, 6.45) is 3.71. The molecule has 1 aromatic carbocycles. The third-order valence-electron chi connectivity index (χ3n) is 3.41. The van der Waals surface area contributed by atoms with E-state index in [4.69, 9.17) is 5.11 Å². The van der Waals surface area contributed by atoms with Crippen LogP contribution in [0, 0.1) is 0 Å². The van der Waals surface area contributed by atoms with E-state index in [9.17, 15) is 13.2 Å². The molecule has 1 unspecified atom stereocenters. The highest BCUT2D eigenvalue weighted by atomic mass is 32.2. The molecular weight excluding hydrogens is 278 g/mol. The molecule has 0 amide bonds. The predicted molar refractivity (Wildman–Crippen MR) is 75.4 cm³/mol. The number of aromatic carboxylic acids is 1. The maximum absolute atomic E-state index is 12.4. The lowest BCUT2D eigenvalue weighted by molar-refractivity contribution is 0.0696. The Balaban J connectivity index is 2.55. The number of benzene rings is 1. The second-order valence-corrected chi connectivity index (χ2v) is 6.60. The van der Waals surface area contributed by atoms with Crippen molar-refractivity contribution in [3.8, 4) is 0 Å². The molecule has 0 saturated heterocycles. The fourth-order valence-corrected chi connectivity index (χ4v) is 3.94. The molecule has 0 heterocycles. The van der Waals surface area contributed by atoms with Gasteiger partial charge in [-0.25, -0.2) is 17.9 Å². The molecule has 0 saturated carbocycles. The molecule has 0 aromatic heterocycles. The molecule has 108 valence electrons. The highest BCUT2D eigenvalue weighted by Crippen LogP contribution is 2.30. The Hall–Kier alpha value is -1.66. The van der Waals surface area contributed by atoms with E-state index >= 15 is 0 Å². The van der Waals surface area contributed by atoms with Crippen molar-refractivity contribution in [3.63, 3.8) is 0 Å². The van der Waals surface area contributed by atoms with Crippen LogP contribution in [0.2, 0.25) is 0 Å². The normalized spacial score (nSPS) is 15.7. The summed E-state index contributed by atoms with van der Waals surface area (Å²) in [5.41, 5.74) is 1.56. The summed E-state index contributed by atoms with van der Waals surface area (Å²) < 4.78 is 27.2. The average molecular weight is 295 g/mol. The first kappa shape index (κ1) is 14.7. The van der Waals surface area contributed by atoms with Gasteiger partial charge < -0.3 is 5.11 Å². The Morgan fingerprint density at radius 2 is 2.15 bits per heavy atom. The summed E-state index contributed by atoms with van der Waals surface area (Å²) in [5.74, 6) is -1.12. The number of carboxylic acids is 1. The number of sulfonamides is 1. The first-order chi connectivity index (χ1) is 9.35. The molecule has 0 fully saturated rings. The van der Waals surface area contributed by atoms with Gasteiger partial charge in [0.15, 0.2) is 0 Å². The van der Waals surface area contributed by atoms with Crippen LogP contribution in [0.5, 0.6) is 0 Å². The Morgan fingerprint density at radius 3 is 2.75 bits per heavy atom. The second kappa shape index (κ2) is 5.38. The number of fused-ring (bicyclic) bond motifs is 1. The number of rotatable bonds is 5. The number of hydrogen-bond acceptors (Lipinski definition) is 3. The van der Waals surface area contributed by atoms with E-state index in [1.165, 1.54) is 12.1 Å². The predicted octanol–water partition coefficient (Wildman–Crippen LogP) is 1.73. The Labute approximate surface area is 118 Å². The highest BCUT2D eigenvalue weighted by molar-refractivity contribution is 7.89. The summed E-state index contributed by atoms with van der Waals surface area (Å²) in [5, 5.41) is 9.10. The van der Waals surface area contributed by atoms with Gasteiger partial charge in [0.2, 0.25) is 10.0 Å². The van der Waals surface area contributed by atoms with Gasteiger partial charge in [-0.2, -0.15) is 0 Å². The molecule has 0 radical (unpaired) electrons. The van der Waals surface area contributed by atoms with Crippen LogP contribution in [0.1, 0.15) is 34.8 Å². The van der Waals surface area contributed by atoms with Gasteiger partial charge in [0, 0.05) is 6.04 Å². The molecule has 2 N–H and O–H groups in total. The molecule has 0 aliphatic heterocycles. The van der Waals surface area contributed by atoms with E-state index in [1.807, 2.05) is 0 Å². The Bertz CT molecular complexity index is 664. The lowest BCUT2D eigenvalue weighted by Crippen LogP contribution is -2.31. The summed E-state index contributed by atoms with van der Waals surface area (Å²) in [6, 6.07) is 2.40. The van der Waals surface area contributed by atoms with Crippen LogP contribution in [0.25, 0.3) is 0 Å². The van der Waals surface area contributed by atoms with Crippen LogP contribution in [-0.2, 0) is 22.9 Å². The van der Waals surface area contributed by atoms with Gasteiger partial charge >= 0.3 is 5.97 Å². The van der Waals surface area contributed by atoms with Gasteiger partial charge in [0.1, 0.15) is 0 Å². The van der Waals surface area contributed by atoms with E-state index in [2.05, 4.69) is 11.3 Å². The first-order valence-electron chi connectivity index (χ1n) is 6.39. The smallest absolute Gasteiger partial charge is 0.335 e. The minimum absolute atomic E-state index is 0.0114. The summed E-state index contributed by atoms with van der Waals surface area (Å²) in [7, 11) is -3.74. The lowest BCUT2D eigenvalue weighted by Gasteiger charge is -2.14. The molecule has 2 rings (SSSR count). The topological polar surface area (TPSA) is 83.5 Å². The number of nitrogens with one attached hydrogen (secondary N) is 1. The monoisotopic (exact) mass is 295 g/mol. The third kappa shape index (κ3) is 2.76. The number of hydrogen-bond donors (Lipinski definition) is 2. The van der Waals surface area contributed by atoms with E-state index in [0.29, 0.717) is 6.42 Å². The fourth-order valence-electron chi connectivity index (χ4n) is 2.39. The van der Waals surface area contributed by atoms with E-state index < -0.39 is 22.0 Å². The van der Waals surface area contributed by atoms with Gasteiger partial charge in [-0.3, -0.25) is 0 Å². The molecule has 1 atom stereocenters. The minimum atomic E-state index is -3.74. The fraction of sp³-hybridized carbons (Fsp3) is 0.357. The van der Waals surface area contributed by atoms with Crippen LogP contribution in [0.15, 0.2) is 29.7 Å². The quantitative estimate of drug-likeness (QED) is 0.810. The zero-order valence-electron chi connectivity index (χ0n) is 11.2. The molecule has 1 aromatic rings. The van der Waals surface area contributed by atoms with Crippen molar-refractivity contribution in [2.75, 3.05) is 0 Å². The minimum Gasteiger partial charge on any atom is -0.478 e. The van der Waals surface area contributed by atoms with Crippen LogP contribution in [0.4, 0.5) is 0 Å². The number of aryl methyl sites for hydroxylation is 1. The lowest BCUT2D eigenvalue weighted by atomic mass is 10.1. The van der Waals surface area contributed by atoms with Crippen LogP contribution < -0.4 is 4.72 Å². The van der Waals surface area contributed by atoms with Crippen molar-refractivity contribution in [1.82, 2.24) is 4.72 Å². The molecule has 0 bridgehead atoms. The van der Waals surface area contributed by atoms with Gasteiger partial charge in [-0.05, 0) is 49.4 Å². The van der Waals surface area contributed by atoms with E-state index in [1.54, 1.807) is 13.0 Å². The standard InChI is InChI=1S/C14H17NO4S/c1-3-9(2)15-20(18,19)13-8-11(14(16)17)7-10-5-4-6-12(10)13/h3,7-9,15H,1,4-6H2,2H3,(H,16,17). The van der Waals surface area contributed by atoms with Crippen molar-refractivity contribution < 1.29 is 18.3 Å². The van der Waals surface area contributed by atoms with Crippen LogP contribution in [0.3, 0.4) is 0 Å². The zero-order chi connectivity index (χ0) is 14.9. The average Bonchev–Trinajstić information content (AvgIpc) is 2.84. The Morgan fingerprint density at radius 1 is 1.45 bits per heavy atom.